The summed E-state index contributed by atoms with van der Waals surface area (Å²) in [6, 6.07) is 7.35. The number of carbonyl (C=O) groups excluding carboxylic acids is 1. The lowest BCUT2D eigenvalue weighted by molar-refractivity contribution is -0.431. The lowest BCUT2D eigenvalue weighted by Gasteiger charge is -2.27. The van der Waals surface area contributed by atoms with Crippen LogP contribution in [0.3, 0.4) is 0 Å². The third-order valence-electron chi connectivity index (χ3n) is 3.70. The Morgan fingerprint density at radius 1 is 1.29 bits per heavy atom. The fourth-order valence-electron chi connectivity index (χ4n) is 2.79. The number of dihydropyridines is 1. The van der Waals surface area contributed by atoms with Crippen LogP contribution in [0, 0.1) is 13.7 Å². The highest BCUT2D eigenvalue weighted by molar-refractivity contribution is 14.1. The third-order valence-corrected chi connectivity index (χ3v) is 4.68. The summed E-state index contributed by atoms with van der Waals surface area (Å²) < 4.78 is 6.19. The lowest BCUT2D eigenvalue weighted by atomic mass is 9.84. The normalized spacial score (nSPS) is 17.8. The summed E-state index contributed by atoms with van der Waals surface area (Å²) in [6.07, 6.45) is -0.306. The van der Waals surface area contributed by atoms with E-state index in [4.69, 9.17) is 4.74 Å². The first kappa shape index (κ1) is 18.4. The van der Waals surface area contributed by atoms with Gasteiger partial charge in [-0.2, -0.15) is 0 Å². The lowest BCUT2D eigenvalue weighted by Crippen LogP contribution is -2.32. The maximum atomic E-state index is 12.6. The van der Waals surface area contributed by atoms with Crippen molar-refractivity contribution in [3.05, 3.63) is 66.2 Å². The first-order valence-electron chi connectivity index (χ1n) is 7.52. The van der Waals surface area contributed by atoms with Crippen LogP contribution in [-0.2, 0) is 9.53 Å². The highest BCUT2D eigenvalue weighted by Crippen LogP contribution is 2.40. The Morgan fingerprint density at radius 2 is 1.92 bits per heavy atom. The van der Waals surface area contributed by atoms with Gasteiger partial charge >= 0.3 is 5.97 Å². The molecule has 1 aromatic rings. The summed E-state index contributed by atoms with van der Waals surface area (Å²) in [7, 11) is 0. The van der Waals surface area contributed by atoms with Crippen molar-refractivity contribution in [2.24, 2.45) is 0 Å². The molecule has 1 atom stereocenters. The molecule has 24 heavy (non-hydrogen) atoms. The SMILES string of the molecule is CC1=C(C(=O)OC(C)C)[C@H](c2ccccc2I)C([N+](=O)[O-])=C(C)N1. The highest BCUT2D eigenvalue weighted by atomic mass is 127. The van der Waals surface area contributed by atoms with E-state index in [0.29, 0.717) is 11.4 Å². The maximum absolute atomic E-state index is 12.6. The molecule has 0 bridgehead atoms. The molecule has 1 heterocycles. The van der Waals surface area contributed by atoms with E-state index in [0.717, 1.165) is 9.13 Å². The molecule has 2 rings (SSSR count). The van der Waals surface area contributed by atoms with Crippen molar-refractivity contribution in [2.45, 2.75) is 39.7 Å². The Kier molecular flexibility index (Phi) is 5.63. The largest absolute Gasteiger partial charge is 0.460 e. The number of benzene rings is 1. The quantitative estimate of drug-likeness (QED) is 0.333. The van der Waals surface area contributed by atoms with Gasteiger partial charge in [-0.3, -0.25) is 10.1 Å². The van der Waals surface area contributed by atoms with Crippen molar-refractivity contribution >= 4 is 28.6 Å². The Balaban J connectivity index is 2.67. The molecule has 0 saturated carbocycles. The number of esters is 1. The topological polar surface area (TPSA) is 81.5 Å². The minimum atomic E-state index is -0.763. The maximum Gasteiger partial charge on any atom is 0.337 e. The molecule has 1 aromatic carbocycles. The van der Waals surface area contributed by atoms with E-state index in [2.05, 4.69) is 27.9 Å². The van der Waals surface area contributed by atoms with Crippen LogP contribution in [-0.4, -0.2) is 17.0 Å². The van der Waals surface area contributed by atoms with Crippen molar-refractivity contribution < 1.29 is 14.5 Å². The molecule has 0 aliphatic carbocycles. The molecule has 0 aromatic heterocycles. The average Bonchev–Trinajstić information content (AvgIpc) is 2.45. The number of rotatable bonds is 4. The number of halogens is 1. The first-order chi connectivity index (χ1) is 11.2. The summed E-state index contributed by atoms with van der Waals surface area (Å²) >= 11 is 2.13. The van der Waals surface area contributed by atoms with Crippen LogP contribution in [0.4, 0.5) is 0 Å². The van der Waals surface area contributed by atoms with Crippen molar-refractivity contribution in [3.8, 4) is 0 Å². The van der Waals surface area contributed by atoms with Crippen molar-refractivity contribution in [1.82, 2.24) is 5.32 Å². The molecule has 6 nitrogen and oxygen atoms in total. The van der Waals surface area contributed by atoms with Crippen LogP contribution >= 0.6 is 22.6 Å². The summed E-state index contributed by atoms with van der Waals surface area (Å²) in [5, 5.41) is 14.6. The molecule has 1 N–H and O–H groups in total. The predicted molar refractivity (Wildman–Crippen MR) is 98.7 cm³/mol. The third kappa shape index (κ3) is 3.61. The number of hydrogen-bond donors (Lipinski definition) is 1. The molecule has 0 radical (unpaired) electrons. The Labute approximate surface area is 154 Å². The van der Waals surface area contributed by atoms with E-state index in [1.165, 1.54) is 0 Å². The molecular formula is C17H19IN2O4. The van der Waals surface area contributed by atoms with Gasteiger partial charge in [-0.15, -0.1) is 0 Å². The smallest absolute Gasteiger partial charge is 0.337 e. The van der Waals surface area contributed by atoms with E-state index in [1.54, 1.807) is 27.7 Å². The van der Waals surface area contributed by atoms with Gasteiger partial charge in [-0.1, -0.05) is 18.2 Å². The summed E-state index contributed by atoms with van der Waals surface area (Å²) in [5.41, 5.74) is 1.99. The highest BCUT2D eigenvalue weighted by Gasteiger charge is 2.41. The molecule has 0 unspecified atom stereocenters. The van der Waals surface area contributed by atoms with Crippen molar-refractivity contribution in [2.75, 3.05) is 0 Å². The predicted octanol–water partition coefficient (Wildman–Crippen LogP) is 3.71. The van der Waals surface area contributed by atoms with Crippen LogP contribution in [0.1, 0.15) is 39.2 Å². The standard InChI is InChI=1S/C17H19IN2O4/c1-9(2)24-17(21)14-10(3)19-11(4)16(20(22)23)15(14)12-7-5-6-8-13(12)18/h5-9,15,19H,1-4H3/t15-/m0/s1. The van der Waals surface area contributed by atoms with Crippen LogP contribution in [0.15, 0.2) is 46.9 Å². The van der Waals surface area contributed by atoms with Crippen molar-refractivity contribution in [1.29, 1.82) is 0 Å². The number of hydrogen-bond acceptors (Lipinski definition) is 5. The monoisotopic (exact) mass is 442 g/mol. The second kappa shape index (κ2) is 7.33. The van der Waals surface area contributed by atoms with Crippen molar-refractivity contribution in [3.63, 3.8) is 0 Å². The number of nitrogens with one attached hydrogen (secondary N) is 1. The van der Waals surface area contributed by atoms with Crippen LogP contribution in [0.25, 0.3) is 0 Å². The summed E-state index contributed by atoms with van der Waals surface area (Å²) in [5.74, 6) is -1.30. The van der Waals surface area contributed by atoms with Gasteiger partial charge in [0.2, 0.25) is 0 Å². The van der Waals surface area contributed by atoms with Crippen LogP contribution in [0.2, 0.25) is 0 Å². The fourth-order valence-corrected chi connectivity index (χ4v) is 3.48. The summed E-state index contributed by atoms with van der Waals surface area (Å²) in [6.45, 7) is 6.89. The Morgan fingerprint density at radius 3 is 2.46 bits per heavy atom. The van der Waals surface area contributed by atoms with Gasteiger partial charge in [0.05, 0.1) is 22.3 Å². The van der Waals surface area contributed by atoms with E-state index < -0.39 is 16.8 Å². The van der Waals surface area contributed by atoms with E-state index in [9.17, 15) is 14.9 Å². The van der Waals surface area contributed by atoms with Gasteiger partial charge in [0.1, 0.15) is 5.92 Å². The molecule has 0 saturated heterocycles. The number of ether oxygens (including phenoxy) is 1. The molecule has 0 amide bonds. The molecule has 0 spiro atoms. The average molecular weight is 442 g/mol. The number of nitrogens with zero attached hydrogens (tertiary/aromatic N) is 1. The minimum Gasteiger partial charge on any atom is -0.460 e. The van der Waals surface area contributed by atoms with Gasteiger partial charge < -0.3 is 10.1 Å². The van der Waals surface area contributed by atoms with E-state index >= 15 is 0 Å². The zero-order valence-corrected chi connectivity index (χ0v) is 16.1. The Bertz CT molecular complexity index is 753. The molecule has 1 aliphatic rings. The number of nitro groups is 1. The Hall–Kier alpha value is -1.90. The van der Waals surface area contributed by atoms with Gasteiger partial charge in [0, 0.05) is 9.27 Å². The number of allylic oxidation sites excluding steroid dienone is 3. The van der Waals surface area contributed by atoms with Gasteiger partial charge in [0.15, 0.2) is 0 Å². The molecule has 1 aliphatic heterocycles. The second-order valence-electron chi connectivity index (χ2n) is 5.84. The molecule has 7 heteroatoms. The number of carbonyl (C=O) groups is 1. The fraction of sp³-hybridized carbons (Fsp3) is 0.353. The van der Waals surface area contributed by atoms with Crippen LogP contribution < -0.4 is 5.32 Å². The minimum absolute atomic E-state index is 0.0274. The van der Waals surface area contributed by atoms with Gasteiger partial charge in [-0.05, 0) is 61.9 Å². The molecular weight excluding hydrogens is 423 g/mol. The van der Waals surface area contributed by atoms with Crippen LogP contribution in [0.5, 0.6) is 0 Å². The van der Waals surface area contributed by atoms with E-state index in [1.807, 2.05) is 24.3 Å². The zero-order valence-electron chi connectivity index (χ0n) is 13.9. The first-order valence-corrected chi connectivity index (χ1v) is 8.60. The zero-order chi connectivity index (χ0) is 18.0. The van der Waals surface area contributed by atoms with Gasteiger partial charge in [-0.25, -0.2) is 4.79 Å². The molecule has 0 fully saturated rings. The summed E-state index contributed by atoms with van der Waals surface area (Å²) in [4.78, 5) is 23.9. The molecule has 128 valence electrons. The van der Waals surface area contributed by atoms with Gasteiger partial charge in [0.25, 0.3) is 5.70 Å². The van der Waals surface area contributed by atoms with E-state index in [-0.39, 0.29) is 17.4 Å². The second-order valence-corrected chi connectivity index (χ2v) is 7.00.